The predicted molar refractivity (Wildman–Crippen MR) is 73.1 cm³/mol. The zero-order valence-electron chi connectivity index (χ0n) is 11.6. The monoisotopic (exact) mass is 296 g/mol. The van der Waals surface area contributed by atoms with Crippen LogP contribution in [0.1, 0.15) is 22.7 Å². The van der Waals surface area contributed by atoms with Crippen molar-refractivity contribution in [1.82, 2.24) is 10.3 Å². The summed E-state index contributed by atoms with van der Waals surface area (Å²) in [6, 6.07) is 8.34. The van der Waals surface area contributed by atoms with Crippen LogP contribution in [0, 0.1) is 0 Å². The first-order valence-corrected chi connectivity index (χ1v) is 6.30. The molecule has 1 aromatic heterocycles. The lowest BCUT2D eigenvalue weighted by molar-refractivity contribution is -0.137. The molecule has 21 heavy (non-hydrogen) atoms. The molecule has 0 spiro atoms. The van der Waals surface area contributed by atoms with Crippen LogP contribution in [0.5, 0.6) is 5.88 Å². The van der Waals surface area contributed by atoms with E-state index in [4.69, 9.17) is 4.74 Å². The molecule has 0 saturated carbocycles. The smallest absolute Gasteiger partial charge is 0.416 e. The van der Waals surface area contributed by atoms with Gasteiger partial charge in [0.2, 0.25) is 5.88 Å². The fourth-order valence-corrected chi connectivity index (χ4v) is 2.16. The van der Waals surface area contributed by atoms with Crippen LogP contribution in [-0.4, -0.2) is 19.1 Å². The molecule has 0 amide bonds. The normalized spacial score (nSPS) is 13.0. The Labute approximate surface area is 120 Å². The summed E-state index contributed by atoms with van der Waals surface area (Å²) >= 11 is 0. The molecule has 1 unspecified atom stereocenters. The number of nitrogens with zero attached hydrogens (tertiary/aromatic N) is 1. The summed E-state index contributed by atoms with van der Waals surface area (Å²) in [5.41, 5.74) is 0.804. The second kappa shape index (κ2) is 6.13. The van der Waals surface area contributed by atoms with Gasteiger partial charge in [-0.15, -0.1) is 0 Å². The lowest BCUT2D eigenvalue weighted by Crippen LogP contribution is -2.19. The number of alkyl halides is 3. The molecule has 1 aromatic carbocycles. The van der Waals surface area contributed by atoms with E-state index in [9.17, 15) is 13.2 Å². The summed E-state index contributed by atoms with van der Waals surface area (Å²) in [6.07, 6.45) is -2.73. The van der Waals surface area contributed by atoms with Gasteiger partial charge in [0.15, 0.2) is 0 Å². The van der Waals surface area contributed by atoms with E-state index in [-0.39, 0.29) is 6.04 Å². The first-order valence-electron chi connectivity index (χ1n) is 6.30. The summed E-state index contributed by atoms with van der Waals surface area (Å²) in [6.45, 7) is 0. The lowest BCUT2D eigenvalue weighted by Gasteiger charge is -2.19. The van der Waals surface area contributed by atoms with Crippen LogP contribution in [0.15, 0.2) is 42.6 Å². The van der Waals surface area contributed by atoms with Gasteiger partial charge in [-0.3, -0.25) is 0 Å². The van der Waals surface area contributed by atoms with Crippen LogP contribution in [0.3, 0.4) is 0 Å². The maximum Gasteiger partial charge on any atom is 0.416 e. The first kappa shape index (κ1) is 15.3. The lowest BCUT2D eigenvalue weighted by atomic mass is 9.98. The zero-order chi connectivity index (χ0) is 15.5. The van der Waals surface area contributed by atoms with Crippen molar-refractivity contribution in [2.45, 2.75) is 12.2 Å². The third-order valence-corrected chi connectivity index (χ3v) is 3.16. The molecule has 0 bridgehead atoms. The second-order valence-electron chi connectivity index (χ2n) is 4.44. The van der Waals surface area contributed by atoms with Gasteiger partial charge in [0, 0.05) is 11.8 Å². The highest BCUT2D eigenvalue weighted by Gasteiger charge is 2.30. The van der Waals surface area contributed by atoms with E-state index in [2.05, 4.69) is 10.3 Å². The molecule has 0 fully saturated rings. The van der Waals surface area contributed by atoms with Crippen LogP contribution < -0.4 is 10.1 Å². The molecule has 2 rings (SSSR count). The van der Waals surface area contributed by atoms with E-state index >= 15 is 0 Å². The molecule has 0 saturated heterocycles. The van der Waals surface area contributed by atoms with Crippen molar-refractivity contribution < 1.29 is 17.9 Å². The van der Waals surface area contributed by atoms with Crippen molar-refractivity contribution in [3.8, 4) is 5.88 Å². The van der Waals surface area contributed by atoms with Crippen molar-refractivity contribution in [2.24, 2.45) is 0 Å². The van der Waals surface area contributed by atoms with Crippen LogP contribution in [0.2, 0.25) is 0 Å². The molecule has 6 heteroatoms. The highest BCUT2D eigenvalue weighted by molar-refractivity contribution is 5.38. The van der Waals surface area contributed by atoms with Gasteiger partial charge in [0.1, 0.15) is 0 Å². The molecule has 112 valence electrons. The fraction of sp³-hybridized carbons (Fsp3) is 0.267. The van der Waals surface area contributed by atoms with Crippen molar-refractivity contribution in [1.29, 1.82) is 0 Å². The molecule has 1 atom stereocenters. The number of methoxy groups -OCH3 is 1. The maximum atomic E-state index is 12.6. The Hall–Kier alpha value is -2.08. The number of nitrogens with one attached hydrogen (secondary N) is 1. The van der Waals surface area contributed by atoms with Gasteiger partial charge in [-0.2, -0.15) is 13.2 Å². The van der Waals surface area contributed by atoms with Crippen LogP contribution in [0.4, 0.5) is 13.2 Å². The van der Waals surface area contributed by atoms with E-state index in [1.165, 1.54) is 19.2 Å². The van der Waals surface area contributed by atoms with Crippen LogP contribution in [-0.2, 0) is 6.18 Å². The Kier molecular flexibility index (Phi) is 4.47. The third-order valence-electron chi connectivity index (χ3n) is 3.16. The summed E-state index contributed by atoms with van der Waals surface area (Å²) in [5, 5.41) is 3.07. The van der Waals surface area contributed by atoms with Gasteiger partial charge in [-0.25, -0.2) is 4.98 Å². The molecule has 0 aliphatic carbocycles. The topological polar surface area (TPSA) is 34.2 Å². The molecule has 1 heterocycles. The van der Waals surface area contributed by atoms with Gasteiger partial charge in [-0.1, -0.05) is 18.2 Å². The molecule has 1 N–H and O–H groups in total. The molecule has 0 aliphatic heterocycles. The Morgan fingerprint density at radius 1 is 1.14 bits per heavy atom. The Morgan fingerprint density at radius 2 is 1.81 bits per heavy atom. The quantitative estimate of drug-likeness (QED) is 0.938. The van der Waals surface area contributed by atoms with Gasteiger partial charge in [0.05, 0.1) is 18.7 Å². The van der Waals surface area contributed by atoms with E-state index in [0.717, 1.165) is 17.7 Å². The number of rotatable bonds is 4. The Balaban J connectivity index is 2.38. The molecule has 0 aliphatic rings. The number of halogens is 3. The van der Waals surface area contributed by atoms with E-state index in [0.29, 0.717) is 11.4 Å². The predicted octanol–water partition coefficient (Wildman–Crippen LogP) is 3.42. The number of ether oxygens (including phenoxy) is 1. The highest BCUT2D eigenvalue weighted by atomic mass is 19.4. The van der Waals surface area contributed by atoms with Crippen LogP contribution in [0.25, 0.3) is 0 Å². The van der Waals surface area contributed by atoms with E-state index in [1.54, 1.807) is 19.3 Å². The number of aromatic nitrogens is 1. The molecule has 0 radical (unpaired) electrons. The van der Waals surface area contributed by atoms with Gasteiger partial charge >= 0.3 is 6.18 Å². The average molecular weight is 296 g/mol. The summed E-state index contributed by atoms with van der Waals surface area (Å²) < 4.78 is 43.0. The highest BCUT2D eigenvalue weighted by Crippen LogP contribution is 2.32. The molecular formula is C15H15F3N2O. The molecule has 2 aromatic rings. The molecule has 3 nitrogen and oxygen atoms in total. The van der Waals surface area contributed by atoms with Gasteiger partial charge in [-0.05, 0) is 30.8 Å². The van der Waals surface area contributed by atoms with Crippen molar-refractivity contribution in [2.75, 3.05) is 14.2 Å². The standard InChI is InChI=1S/C15H15F3N2O/c1-19-13(12-4-3-9-20-14(12)21-2)10-5-7-11(8-6-10)15(16,17)18/h3-9,13,19H,1-2H3. The summed E-state index contributed by atoms with van der Waals surface area (Å²) in [5.74, 6) is 0.441. The summed E-state index contributed by atoms with van der Waals surface area (Å²) in [4.78, 5) is 4.11. The van der Waals surface area contributed by atoms with Gasteiger partial charge in [0.25, 0.3) is 0 Å². The maximum absolute atomic E-state index is 12.6. The third kappa shape index (κ3) is 3.33. The molecular weight excluding hydrogens is 281 g/mol. The van der Waals surface area contributed by atoms with Crippen molar-refractivity contribution >= 4 is 0 Å². The number of hydrogen-bond donors (Lipinski definition) is 1. The first-order chi connectivity index (χ1) is 9.97. The van der Waals surface area contributed by atoms with Crippen molar-refractivity contribution in [3.05, 3.63) is 59.3 Å². The van der Waals surface area contributed by atoms with E-state index in [1.807, 2.05) is 6.07 Å². The number of hydrogen-bond acceptors (Lipinski definition) is 3. The van der Waals surface area contributed by atoms with Crippen molar-refractivity contribution in [3.63, 3.8) is 0 Å². The minimum Gasteiger partial charge on any atom is -0.481 e. The second-order valence-corrected chi connectivity index (χ2v) is 4.44. The fourth-order valence-electron chi connectivity index (χ4n) is 2.16. The largest absolute Gasteiger partial charge is 0.481 e. The Morgan fingerprint density at radius 3 is 2.33 bits per heavy atom. The number of benzene rings is 1. The summed E-state index contributed by atoms with van der Waals surface area (Å²) in [7, 11) is 3.24. The van der Waals surface area contributed by atoms with Gasteiger partial charge < -0.3 is 10.1 Å². The van der Waals surface area contributed by atoms with Crippen LogP contribution >= 0.6 is 0 Å². The zero-order valence-corrected chi connectivity index (χ0v) is 11.6. The SMILES string of the molecule is CNC(c1ccc(C(F)(F)F)cc1)c1cccnc1OC. The van der Waals surface area contributed by atoms with E-state index < -0.39 is 11.7 Å². The minimum atomic E-state index is -4.33. The minimum absolute atomic E-state index is 0.295. The average Bonchev–Trinajstić information content (AvgIpc) is 2.48. The number of pyridine rings is 1. The Bertz CT molecular complexity index is 597.